The van der Waals surface area contributed by atoms with Crippen molar-refractivity contribution >= 4 is 11.9 Å². The summed E-state index contributed by atoms with van der Waals surface area (Å²) < 4.78 is 11.1. The lowest BCUT2D eigenvalue weighted by Crippen LogP contribution is -2.34. The highest BCUT2D eigenvalue weighted by Crippen LogP contribution is 2.35. The van der Waals surface area contributed by atoms with E-state index in [1.807, 2.05) is 54.6 Å². The molecule has 0 radical (unpaired) electrons. The molecule has 26 heavy (non-hydrogen) atoms. The van der Waals surface area contributed by atoms with E-state index in [4.69, 9.17) is 9.47 Å². The van der Waals surface area contributed by atoms with Crippen LogP contribution < -0.4 is 10.1 Å². The fourth-order valence-corrected chi connectivity index (χ4v) is 3.08. The van der Waals surface area contributed by atoms with Gasteiger partial charge in [-0.1, -0.05) is 30.3 Å². The molecule has 0 aliphatic carbocycles. The van der Waals surface area contributed by atoms with Crippen LogP contribution in [0.15, 0.2) is 65.9 Å². The van der Waals surface area contributed by atoms with Gasteiger partial charge in [-0.25, -0.2) is 4.79 Å². The first-order chi connectivity index (χ1) is 12.6. The lowest BCUT2D eigenvalue weighted by atomic mass is 9.84. The maximum Gasteiger partial charge on any atom is 0.336 e. The van der Waals surface area contributed by atoms with Crippen molar-refractivity contribution in [3.05, 3.63) is 71.4 Å². The van der Waals surface area contributed by atoms with E-state index in [2.05, 4.69) is 5.32 Å². The Morgan fingerprint density at radius 3 is 2.58 bits per heavy atom. The molecule has 2 aromatic carbocycles. The van der Waals surface area contributed by atoms with Gasteiger partial charge in [-0.2, -0.15) is 0 Å². The second kappa shape index (κ2) is 7.87. The number of hydrogen-bond donors (Lipinski definition) is 1. The van der Waals surface area contributed by atoms with Crippen LogP contribution in [-0.2, 0) is 14.3 Å². The molecule has 1 aliphatic rings. The first-order valence-corrected chi connectivity index (χ1v) is 8.59. The van der Waals surface area contributed by atoms with Crippen LogP contribution in [0.5, 0.6) is 11.5 Å². The molecule has 0 spiro atoms. The molecule has 0 bridgehead atoms. The molecule has 0 unspecified atom stereocenters. The molecule has 1 N–H and O–H groups in total. The molecular formula is C21H21NO4. The summed E-state index contributed by atoms with van der Waals surface area (Å²) in [6.07, 6.45) is 0.195. The summed E-state index contributed by atoms with van der Waals surface area (Å²) in [5.74, 6) is 0.505. The highest BCUT2D eigenvalue weighted by molar-refractivity contribution is 5.95. The number of esters is 1. The molecule has 3 rings (SSSR count). The quantitative estimate of drug-likeness (QED) is 0.829. The minimum Gasteiger partial charge on any atom is -0.463 e. The number of nitrogens with one attached hydrogen (secondary N) is 1. The number of ether oxygens (including phenoxy) is 2. The van der Waals surface area contributed by atoms with Gasteiger partial charge in [0.05, 0.1) is 12.2 Å². The average Bonchev–Trinajstić information content (AvgIpc) is 2.62. The Bertz CT molecular complexity index is 842. The van der Waals surface area contributed by atoms with Crippen molar-refractivity contribution in [1.29, 1.82) is 0 Å². The van der Waals surface area contributed by atoms with Crippen molar-refractivity contribution in [2.45, 2.75) is 26.2 Å². The summed E-state index contributed by atoms with van der Waals surface area (Å²) in [5, 5.41) is 2.73. The zero-order chi connectivity index (χ0) is 18.5. The second-order valence-corrected chi connectivity index (χ2v) is 6.05. The molecule has 0 fully saturated rings. The van der Waals surface area contributed by atoms with Gasteiger partial charge in [0, 0.05) is 18.0 Å². The van der Waals surface area contributed by atoms with Gasteiger partial charge in [0.1, 0.15) is 11.5 Å². The first kappa shape index (κ1) is 17.7. The van der Waals surface area contributed by atoms with E-state index in [1.165, 1.54) is 0 Å². The molecule has 1 atom stereocenters. The molecular weight excluding hydrogens is 330 g/mol. The van der Waals surface area contributed by atoms with Crippen LogP contribution in [0.4, 0.5) is 0 Å². The summed E-state index contributed by atoms with van der Waals surface area (Å²) >= 11 is 0. The Morgan fingerprint density at radius 1 is 1.12 bits per heavy atom. The number of rotatable bonds is 5. The summed E-state index contributed by atoms with van der Waals surface area (Å²) in [6, 6.07) is 16.9. The predicted octanol–water partition coefficient (Wildman–Crippen LogP) is 3.92. The van der Waals surface area contributed by atoms with Gasteiger partial charge >= 0.3 is 5.97 Å². The molecule has 2 aromatic rings. The van der Waals surface area contributed by atoms with Gasteiger partial charge in [0.2, 0.25) is 5.91 Å². The van der Waals surface area contributed by atoms with E-state index >= 15 is 0 Å². The number of hydrogen-bond acceptors (Lipinski definition) is 4. The number of carbonyl (C=O) groups excluding carboxylic acids is 2. The van der Waals surface area contributed by atoms with Crippen molar-refractivity contribution in [1.82, 2.24) is 5.32 Å². The molecule has 1 heterocycles. The zero-order valence-corrected chi connectivity index (χ0v) is 14.8. The highest BCUT2D eigenvalue weighted by atomic mass is 16.5. The molecule has 134 valence electrons. The lowest BCUT2D eigenvalue weighted by Gasteiger charge is -2.26. The molecule has 0 saturated heterocycles. The number of benzene rings is 2. The molecule has 5 nitrogen and oxygen atoms in total. The number of amides is 1. The Balaban J connectivity index is 1.93. The molecule has 5 heteroatoms. The Hall–Kier alpha value is -3.08. The SMILES string of the molecule is CCOC(=O)C1=C(C)NC(=O)C[C@@H]1c1cccc(Oc2ccccc2)c1. The predicted molar refractivity (Wildman–Crippen MR) is 97.8 cm³/mol. The Morgan fingerprint density at radius 2 is 1.85 bits per heavy atom. The Labute approximate surface area is 152 Å². The van der Waals surface area contributed by atoms with Crippen LogP contribution in [0.3, 0.4) is 0 Å². The van der Waals surface area contributed by atoms with E-state index in [0.29, 0.717) is 17.0 Å². The van der Waals surface area contributed by atoms with E-state index in [9.17, 15) is 9.59 Å². The molecule has 0 saturated carbocycles. The largest absolute Gasteiger partial charge is 0.463 e. The van der Waals surface area contributed by atoms with E-state index in [-0.39, 0.29) is 24.9 Å². The normalized spacial score (nSPS) is 16.8. The number of allylic oxidation sites excluding steroid dienone is 1. The fourth-order valence-electron chi connectivity index (χ4n) is 3.08. The maximum absolute atomic E-state index is 12.4. The summed E-state index contributed by atoms with van der Waals surface area (Å²) in [7, 11) is 0. The smallest absolute Gasteiger partial charge is 0.336 e. The highest BCUT2D eigenvalue weighted by Gasteiger charge is 2.32. The minimum absolute atomic E-state index is 0.116. The summed E-state index contributed by atoms with van der Waals surface area (Å²) in [6.45, 7) is 3.77. The third kappa shape index (κ3) is 3.94. The monoisotopic (exact) mass is 351 g/mol. The maximum atomic E-state index is 12.4. The third-order valence-corrected chi connectivity index (χ3v) is 4.20. The first-order valence-electron chi connectivity index (χ1n) is 8.59. The van der Waals surface area contributed by atoms with Crippen molar-refractivity contribution in [2.24, 2.45) is 0 Å². The van der Waals surface area contributed by atoms with Crippen molar-refractivity contribution in [3.63, 3.8) is 0 Å². The topological polar surface area (TPSA) is 64.6 Å². The standard InChI is InChI=1S/C21H21NO4/c1-3-25-21(24)20-14(2)22-19(23)13-18(20)15-8-7-11-17(12-15)26-16-9-5-4-6-10-16/h4-12,18H,3,13H2,1-2H3,(H,22,23)/t18-/m1/s1. The zero-order valence-electron chi connectivity index (χ0n) is 14.8. The average molecular weight is 351 g/mol. The van der Waals surface area contributed by atoms with Gasteiger partial charge in [-0.3, -0.25) is 4.79 Å². The lowest BCUT2D eigenvalue weighted by molar-refractivity contribution is -0.139. The van der Waals surface area contributed by atoms with Gasteiger partial charge < -0.3 is 14.8 Å². The second-order valence-electron chi connectivity index (χ2n) is 6.05. The molecule has 0 aromatic heterocycles. The van der Waals surface area contributed by atoms with Gasteiger partial charge in [0.15, 0.2) is 0 Å². The fraction of sp³-hybridized carbons (Fsp3) is 0.238. The third-order valence-electron chi connectivity index (χ3n) is 4.20. The number of para-hydroxylation sites is 1. The van der Waals surface area contributed by atoms with Gasteiger partial charge in [0.25, 0.3) is 0 Å². The Kier molecular flexibility index (Phi) is 5.37. The molecule has 1 amide bonds. The van der Waals surface area contributed by atoms with Crippen LogP contribution in [0.1, 0.15) is 31.7 Å². The minimum atomic E-state index is -0.399. The summed E-state index contributed by atoms with van der Waals surface area (Å²) in [4.78, 5) is 24.4. The van der Waals surface area contributed by atoms with Crippen molar-refractivity contribution < 1.29 is 19.1 Å². The number of carbonyl (C=O) groups is 2. The van der Waals surface area contributed by atoms with Crippen LogP contribution in [-0.4, -0.2) is 18.5 Å². The van der Waals surface area contributed by atoms with Crippen molar-refractivity contribution in [2.75, 3.05) is 6.61 Å². The van der Waals surface area contributed by atoms with Gasteiger partial charge in [-0.15, -0.1) is 0 Å². The van der Waals surface area contributed by atoms with Crippen LogP contribution >= 0.6 is 0 Å². The van der Waals surface area contributed by atoms with Crippen molar-refractivity contribution in [3.8, 4) is 11.5 Å². The van der Waals surface area contributed by atoms with Crippen LogP contribution in [0, 0.1) is 0 Å². The van der Waals surface area contributed by atoms with Crippen LogP contribution in [0.2, 0.25) is 0 Å². The summed E-state index contributed by atoms with van der Waals surface area (Å²) in [5.41, 5.74) is 1.87. The van der Waals surface area contributed by atoms with E-state index in [1.54, 1.807) is 13.8 Å². The molecule has 1 aliphatic heterocycles. The van der Waals surface area contributed by atoms with Gasteiger partial charge in [-0.05, 0) is 43.7 Å². The van der Waals surface area contributed by atoms with E-state index < -0.39 is 5.97 Å². The van der Waals surface area contributed by atoms with E-state index in [0.717, 1.165) is 11.3 Å². The van der Waals surface area contributed by atoms with Crippen LogP contribution in [0.25, 0.3) is 0 Å².